The van der Waals surface area contributed by atoms with Crippen LogP contribution in [0.3, 0.4) is 0 Å². The molecule has 2 fully saturated rings. The molecule has 0 amide bonds. The Labute approximate surface area is 107 Å². The highest BCUT2D eigenvalue weighted by Crippen LogP contribution is 2.31. The maximum atomic E-state index is 3.80. The fourth-order valence-corrected chi connectivity index (χ4v) is 3.65. The lowest BCUT2D eigenvalue weighted by Gasteiger charge is -2.41. The van der Waals surface area contributed by atoms with Gasteiger partial charge in [0.05, 0.1) is 0 Å². The van der Waals surface area contributed by atoms with Gasteiger partial charge in [-0.2, -0.15) is 0 Å². The van der Waals surface area contributed by atoms with E-state index in [1.807, 2.05) is 0 Å². The zero-order chi connectivity index (χ0) is 12.1. The summed E-state index contributed by atoms with van der Waals surface area (Å²) in [5.74, 6) is 0.986. The highest BCUT2D eigenvalue weighted by molar-refractivity contribution is 4.92. The molecule has 17 heavy (non-hydrogen) atoms. The summed E-state index contributed by atoms with van der Waals surface area (Å²) in [6.45, 7) is 8.55. The highest BCUT2D eigenvalue weighted by Gasteiger charge is 2.34. The van der Waals surface area contributed by atoms with Gasteiger partial charge in [-0.1, -0.05) is 20.3 Å². The molecule has 2 nitrogen and oxygen atoms in total. The molecule has 0 spiro atoms. The van der Waals surface area contributed by atoms with Crippen molar-refractivity contribution in [1.29, 1.82) is 0 Å². The highest BCUT2D eigenvalue weighted by atomic mass is 15.2. The van der Waals surface area contributed by atoms with E-state index < -0.39 is 0 Å². The molecular weight excluding hydrogens is 208 g/mol. The molecule has 0 aromatic rings. The summed E-state index contributed by atoms with van der Waals surface area (Å²) < 4.78 is 0. The van der Waals surface area contributed by atoms with Gasteiger partial charge in [-0.05, 0) is 64.1 Å². The molecule has 2 heteroatoms. The minimum Gasteiger partial charge on any atom is -0.312 e. The Balaban J connectivity index is 1.92. The number of nitrogens with zero attached hydrogens (tertiary/aromatic N) is 1. The molecule has 1 N–H and O–H groups in total. The fraction of sp³-hybridized carbons (Fsp3) is 1.00. The zero-order valence-corrected chi connectivity index (χ0v) is 11.8. The van der Waals surface area contributed by atoms with Crippen molar-refractivity contribution in [2.24, 2.45) is 5.92 Å². The molecule has 0 aromatic heterocycles. The van der Waals surface area contributed by atoms with Gasteiger partial charge in [0.15, 0.2) is 0 Å². The molecular formula is C15H30N2. The number of hydrogen-bond donors (Lipinski definition) is 1. The van der Waals surface area contributed by atoms with E-state index >= 15 is 0 Å². The first kappa shape index (κ1) is 13.4. The summed E-state index contributed by atoms with van der Waals surface area (Å²) in [7, 11) is 0. The summed E-state index contributed by atoms with van der Waals surface area (Å²) in [6.07, 6.45) is 9.78. The molecule has 2 aliphatic rings. The van der Waals surface area contributed by atoms with Crippen molar-refractivity contribution >= 4 is 0 Å². The van der Waals surface area contributed by atoms with E-state index in [0.29, 0.717) is 0 Å². The van der Waals surface area contributed by atoms with Crippen LogP contribution in [0.5, 0.6) is 0 Å². The van der Waals surface area contributed by atoms with Crippen molar-refractivity contribution in [3.8, 4) is 0 Å². The summed E-state index contributed by atoms with van der Waals surface area (Å²) in [5, 5.41) is 3.80. The summed E-state index contributed by atoms with van der Waals surface area (Å²) in [4.78, 5) is 2.77. The summed E-state index contributed by atoms with van der Waals surface area (Å²) >= 11 is 0. The number of hydrogen-bond acceptors (Lipinski definition) is 2. The minimum atomic E-state index is 0.774. The average molecular weight is 238 g/mol. The lowest BCUT2D eigenvalue weighted by molar-refractivity contribution is 0.116. The third-order valence-corrected chi connectivity index (χ3v) is 4.77. The van der Waals surface area contributed by atoms with Crippen LogP contribution in [0.2, 0.25) is 0 Å². The molecule has 0 bridgehead atoms. The van der Waals surface area contributed by atoms with Crippen LogP contribution >= 0.6 is 0 Å². The first-order chi connectivity index (χ1) is 8.35. The van der Waals surface area contributed by atoms with Gasteiger partial charge in [0, 0.05) is 12.1 Å². The van der Waals surface area contributed by atoms with Crippen molar-refractivity contribution in [1.82, 2.24) is 10.2 Å². The van der Waals surface area contributed by atoms with Crippen molar-refractivity contribution in [3.63, 3.8) is 0 Å². The quantitative estimate of drug-likeness (QED) is 0.792. The molecule has 3 atom stereocenters. The SMILES string of the molecule is CCCNC1CCC(CC)CC1N1CCCC1. The molecule has 2 rings (SSSR count). The third-order valence-electron chi connectivity index (χ3n) is 4.77. The first-order valence-electron chi connectivity index (χ1n) is 7.82. The second-order valence-electron chi connectivity index (χ2n) is 5.96. The Morgan fingerprint density at radius 3 is 2.53 bits per heavy atom. The summed E-state index contributed by atoms with van der Waals surface area (Å²) in [6, 6.07) is 1.61. The maximum absolute atomic E-state index is 3.80. The summed E-state index contributed by atoms with van der Waals surface area (Å²) in [5.41, 5.74) is 0. The largest absolute Gasteiger partial charge is 0.312 e. The Morgan fingerprint density at radius 1 is 1.12 bits per heavy atom. The van der Waals surface area contributed by atoms with Crippen molar-refractivity contribution in [2.75, 3.05) is 19.6 Å². The van der Waals surface area contributed by atoms with Crippen LogP contribution in [0.4, 0.5) is 0 Å². The molecule has 1 aliphatic heterocycles. The van der Waals surface area contributed by atoms with E-state index in [2.05, 4.69) is 24.1 Å². The number of likely N-dealkylation sites (tertiary alicyclic amines) is 1. The Kier molecular flexibility index (Phi) is 5.30. The van der Waals surface area contributed by atoms with E-state index in [1.165, 1.54) is 64.6 Å². The molecule has 1 saturated heterocycles. The van der Waals surface area contributed by atoms with E-state index in [-0.39, 0.29) is 0 Å². The lowest BCUT2D eigenvalue weighted by atomic mass is 9.80. The van der Waals surface area contributed by atoms with Gasteiger partial charge in [0.2, 0.25) is 0 Å². The molecule has 1 heterocycles. The normalized spacial score (nSPS) is 35.3. The second kappa shape index (κ2) is 6.75. The van der Waals surface area contributed by atoms with Gasteiger partial charge in [0.25, 0.3) is 0 Å². The molecule has 100 valence electrons. The predicted octanol–water partition coefficient (Wildman–Crippen LogP) is 3.03. The Hall–Kier alpha value is -0.0800. The topological polar surface area (TPSA) is 15.3 Å². The maximum Gasteiger partial charge on any atom is 0.0251 e. The van der Waals surface area contributed by atoms with E-state index in [4.69, 9.17) is 0 Å². The third kappa shape index (κ3) is 3.45. The van der Waals surface area contributed by atoms with Gasteiger partial charge in [0.1, 0.15) is 0 Å². The lowest BCUT2D eigenvalue weighted by Crippen LogP contribution is -2.52. The predicted molar refractivity (Wildman–Crippen MR) is 74.3 cm³/mol. The molecule has 1 saturated carbocycles. The number of nitrogens with one attached hydrogen (secondary N) is 1. The Morgan fingerprint density at radius 2 is 1.88 bits per heavy atom. The van der Waals surface area contributed by atoms with Crippen LogP contribution < -0.4 is 5.32 Å². The van der Waals surface area contributed by atoms with Gasteiger partial charge in [-0.15, -0.1) is 0 Å². The smallest absolute Gasteiger partial charge is 0.0251 e. The molecule has 3 unspecified atom stereocenters. The van der Waals surface area contributed by atoms with Crippen molar-refractivity contribution < 1.29 is 0 Å². The van der Waals surface area contributed by atoms with Crippen LogP contribution in [0.25, 0.3) is 0 Å². The van der Waals surface area contributed by atoms with Gasteiger partial charge in [-0.3, -0.25) is 4.90 Å². The average Bonchev–Trinajstić information content (AvgIpc) is 2.90. The van der Waals surface area contributed by atoms with Crippen LogP contribution in [0, 0.1) is 5.92 Å². The molecule has 0 radical (unpaired) electrons. The van der Waals surface area contributed by atoms with Crippen molar-refractivity contribution in [3.05, 3.63) is 0 Å². The Bertz CT molecular complexity index is 211. The second-order valence-corrected chi connectivity index (χ2v) is 5.96. The molecule has 0 aromatic carbocycles. The molecule has 1 aliphatic carbocycles. The fourth-order valence-electron chi connectivity index (χ4n) is 3.65. The van der Waals surface area contributed by atoms with Crippen LogP contribution in [-0.2, 0) is 0 Å². The standard InChI is InChI=1S/C15H30N2/c1-3-9-16-14-8-7-13(4-2)12-15(14)17-10-5-6-11-17/h13-16H,3-12H2,1-2H3. The van der Waals surface area contributed by atoms with E-state index in [0.717, 1.165) is 18.0 Å². The van der Waals surface area contributed by atoms with Gasteiger partial charge >= 0.3 is 0 Å². The van der Waals surface area contributed by atoms with Crippen LogP contribution in [-0.4, -0.2) is 36.6 Å². The van der Waals surface area contributed by atoms with E-state index in [1.54, 1.807) is 0 Å². The monoisotopic (exact) mass is 238 g/mol. The van der Waals surface area contributed by atoms with Crippen LogP contribution in [0.1, 0.15) is 58.8 Å². The first-order valence-corrected chi connectivity index (χ1v) is 7.82. The van der Waals surface area contributed by atoms with Gasteiger partial charge in [-0.25, -0.2) is 0 Å². The minimum absolute atomic E-state index is 0.774. The van der Waals surface area contributed by atoms with E-state index in [9.17, 15) is 0 Å². The zero-order valence-electron chi connectivity index (χ0n) is 11.8. The van der Waals surface area contributed by atoms with Crippen LogP contribution in [0.15, 0.2) is 0 Å². The number of rotatable bonds is 5. The van der Waals surface area contributed by atoms with Gasteiger partial charge < -0.3 is 5.32 Å². The van der Waals surface area contributed by atoms with Crippen molar-refractivity contribution in [2.45, 2.75) is 70.9 Å².